The third-order valence-electron chi connectivity index (χ3n) is 2.50. The van der Waals surface area contributed by atoms with Crippen molar-refractivity contribution in [3.63, 3.8) is 0 Å². The minimum absolute atomic E-state index is 0.184. The van der Waals surface area contributed by atoms with Crippen LogP contribution in [0.2, 0.25) is 0 Å². The van der Waals surface area contributed by atoms with Crippen molar-refractivity contribution >= 4 is 5.97 Å². The first-order valence-corrected chi connectivity index (χ1v) is 5.14. The van der Waals surface area contributed by atoms with Crippen LogP contribution >= 0.6 is 0 Å². The minimum atomic E-state index is -0.804. The Labute approximate surface area is 85.4 Å². The quantitative estimate of drug-likeness (QED) is 0.582. The van der Waals surface area contributed by atoms with E-state index in [1.807, 2.05) is 13.8 Å². The molecule has 0 bridgehead atoms. The maximum absolute atomic E-state index is 11.1. The molecule has 84 valence electrons. The molecule has 14 heavy (non-hydrogen) atoms. The van der Waals surface area contributed by atoms with E-state index in [0.717, 1.165) is 6.42 Å². The zero-order valence-electron chi connectivity index (χ0n) is 9.08. The fourth-order valence-electron chi connectivity index (χ4n) is 1.52. The van der Waals surface area contributed by atoms with E-state index in [1.165, 1.54) is 0 Å². The van der Waals surface area contributed by atoms with Crippen molar-refractivity contribution in [1.82, 2.24) is 0 Å². The number of aliphatic carboxylic acids is 1. The number of rotatable bonds is 8. The number of carbonyl (C=O) groups is 1. The van der Waals surface area contributed by atoms with Gasteiger partial charge in [0.25, 0.3) is 0 Å². The maximum Gasteiger partial charge on any atom is 0.311 e. The van der Waals surface area contributed by atoms with Crippen LogP contribution < -0.4 is 5.73 Å². The molecule has 0 amide bonds. The van der Waals surface area contributed by atoms with E-state index in [4.69, 9.17) is 15.6 Å². The van der Waals surface area contributed by atoms with Gasteiger partial charge < -0.3 is 15.6 Å². The molecule has 0 radical (unpaired) electrons. The van der Waals surface area contributed by atoms with Gasteiger partial charge in [0, 0.05) is 19.8 Å². The zero-order chi connectivity index (χ0) is 11.0. The van der Waals surface area contributed by atoms with Gasteiger partial charge >= 0.3 is 5.97 Å². The summed E-state index contributed by atoms with van der Waals surface area (Å²) in [5, 5.41) is 9.12. The van der Waals surface area contributed by atoms with Crippen LogP contribution in [0.1, 0.15) is 33.1 Å². The van der Waals surface area contributed by atoms with Crippen LogP contribution in [0, 0.1) is 5.41 Å². The van der Waals surface area contributed by atoms with Crippen molar-refractivity contribution in [2.24, 2.45) is 11.1 Å². The smallest absolute Gasteiger partial charge is 0.311 e. The van der Waals surface area contributed by atoms with Gasteiger partial charge in [-0.2, -0.15) is 0 Å². The van der Waals surface area contributed by atoms with Crippen LogP contribution in [0.15, 0.2) is 0 Å². The lowest BCUT2D eigenvalue weighted by atomic mass is 9.80. The zero-order valence-corrected chi connectivity index (χ0v) is 9.08. The van der Waals surface area contributed by atoms with E-state index in [9.17, 15) is 4.79 Å². The summed E-state index contributed by atoms with van der Waals surface area (Å²) in [5.74, 6) is -0.804. The molecular weight excluding hydrogens is 182 g/mol. The fourth-order valence-corrected chi connectivity index (χ4v) is 1.52. The van der Waals surface area contributed by atoms with Crippen LogP contribution in [0.5, 0.6) is 0 Å². The second-order valence-electron chi connectivity index (χ2n) is 3.49. The maximum atomic E-state index is 11.1. The molecule has 4 nitrogen and oxygen atoms in total. The van der Waals surface area contributed by atoms with Gasteiger partial charge in [-0.1, -0.05) is 13.3 Å². The Kier molecular flexibility index (Phi) is 6.49. The van der Waals surface area contributed by atoms with Gasteiger partial charge in [-0.15, -0.1) is 0 Å². The highest BCUT2D eigenvalue weighted by atomic mass is 16.5. The summed E-state index contributed by atoms with van der Waals surface area (Å²) < 4.78 is 5.17. The Morgan fingerprint density at radius 2 is 2.07 bits per heavy atom. The van der Waals surface area contributed by atoms with Crippen molar-refractivity contribution in [3.05, 3.63) is 0 Å². The predicted molar refractivity (Wildman–Crippen MR) is 55.1 cm³/mol. The molecule has 0 aliphatic heterocycles. The van der Waals surface area contributed by atoms with E-state index in [0.29, 0.717) is 26.1 Å². The fraction of sp³-hybridized carbons (Fsp3) is 0.900. The third kappa shape index (κ3) is 3.64. The normalized spacial score (nSPS) is 15.1. The molecule has 3 N–H and O–H groups in total. The number of carboxylic acids is 1. The Bertz CT molecular complexity index is 173. The Hall–Kier alpha value is -0.610. The Balaban J connectivity index is 4.26. The summed E-state index contributed by atoms with van der Waals surface area (Å²) in [6, 6.07) is 0. The number of hydrogen-bond donors (Lipinski definition) is 2. The molecule has 0 aliphatic rings. The lowest BCUT2D eigenvalue weighted by Crippen LogP contribution is -2.39. The molecule has 0 fully saturated rings. The van der Waals surface area contributed by atoms with Crippen LogP contribution in [-0.4, -0.2) is 30.8 Å². The molecular formula is C10H21NO3. The Morgan fingerprint density at radius 1 is 1.43 bits per heavy atom. The summed E-state index contributed by atoms with van der Waals surface area (Å²) >= 11 is 0. The Morgan fingerprint density at radius 3 is 2.43 bits per heavy atom. The first kappa shape index (κ1) is 13.4. The topological polar surface area (TPSA) is 72.5 Å². The molecule has 0 aromatic rings. The average Bonchev–Trinajstić information content (AvgIpc) is 2.16. The van der Waals surface area contributed by atoms with Crippen molar-refractivity contribution in [3.8, 4) is 0 Å². The van der Waals surface area contributed by atoms with Crippen LogP contribution in [0.25, 0.3) is 0 Å². The molecule has 1 unspecified atom stereocenters. The van der Waals surface area contributed by atoms with E-state index in [2.05, 4.69) is 0 Å². The SMILES string of the molecule is CCCC(CN)(CCOCC)C(=O)O. The molecule has 4 heteroatoms. The number of carboxylic acid groups (broad SMARTS) is 1. The molecule has 0 aromatic heterocycles. The van der Waals surface area contributed by atoms with E-state index < -0.39 is 11.4 Å². The minimum Gasteiger partial charge on any atom is -0.481 e. The summed E-state index contributed by atoms with van der Waals surface area (Å²) in [5.41, 5.74) is 4.75. The van der Waals surface area contributed by atoms with Gasteiger partial charge in [0.2, 0.25) is 0 Å². The van der Waals surface area contributed by atoms with E-state index >= 15 is 0 Å². The van der Waals surface area contributed by atoms with Crippen molar-refractivity contribution < 1.29 is 14.6 Å². The second-order valence-corrected chi connectivity index (χ2v) is 3.49. The van der Waals surface area contributed by atoms with Crippen molar-refractivity contribution in [2.75, 3.05) is 19.8 Å². The lowest BCUT2D eigenvalue weighted by Gasteiger charge is -2.27. The first-order chi connectivity index (χ1) is 6.63. The molecule has 0 saturated heterocycles. The van der Waals surface area contributed by atoms with E-state index in [1.54, 1.807) is 0 Å². The predicted octanol–water partition coefficient (Wildman–Crippen LogP) is 1.24. The van der Waals surface area contributed by atoms with Gasteiger partial charge in [-0.3, -0.25) is 4.79 Å². The lowest BCUT2D eigenvalue weighted by molar-refractivity contribution is -0.150. The number of nitrogens with two attached hydrogens (primary N) is 1. The second kappa shape index (κ2) is 6.79. The summed E-state index contributed by atoms with van der Waals surface area (Å²) in [6.45, 7) is 5.13. The van der Waals surface area contributed by atoms with Crippen molar-refractivity contribution in [1.29, 1.82) is 0 Å². The van der Waals surface area contributed by atoms with Crippen LogP contribution in [0.3, 0.4) is 0 Å². The molecule has 0 rings (SSSR count). The molecule has 0 saturated carbocycles. The third-order valence-corrected chi connectivity index (χ3v) is 2.50. The van der Waals surface area contributed by atoms with Gasteiger partial charge in [0.05, 0.1) is 5.41 Å². The van der Waals surface area contributed by atoms with E-state index in [-0.39, 0.29) is 6.54 Å². The van der Waals surface area contributed by atoms with Gasteiger partial charge in [0.1, 0.15) is 0 Å². The molecule has 0 spiro atoms. The number of ether oxygens (including phenoxy) is 1. The monoisotopic (exact) mass is 203 g/mol. The highest BCUT2D eigenvalue weighted by Crippen LogP contribution is 2.27. The van der Waals surface area contributed by atoms with Gasteiger partial charge in [0.15, 0.2) is 0 Å². The van der Waals surface area contributed by atoms with Crippen molar-refractivity contribution in [2.45, 2.75) is 33.1 Å². The summed E-state index contributed by atoms with van der Waals surface area (Å²) in [4.78, 5) is 11.1. The summed E-state index contributed by atoms with van der Waals surface area (Å²) in [7, 11) is 0. The largest absolute Gasteiger partial charge is 0.481 e. The first-order valence-electron chi connectivity index (χ1n) is 5.14. The molecule has 1 atom stereocenters. The number of hydrogen-bond acceptors (Lipinski definition) is 3. The highest BCUT2D eigenvalue weighted by Gasteiger charge is 2.35. The molecule has 0 heterocycles. The van der Waals surface area contributed by atoms with Gasteiger partial charge in [-0.05, 0) is 19.8 Å². The summed E-state index contributed by atoms with van der Waals surface area (Å²) in [6.07, 6.45) is 1.95. The average molecular weight is 203 g/mol. The van der Waals surface area contributed by atoms with Gasteiger partial charge in [-0.25, -0.2) is 0 Å². The van der Waals surface area contributed by atoms with Crippen LogP contribution in [-0.2, 0) is 9.53 Å². The molecule has 0 aliphatic carbocycles. The van der Waals surface area contributed by atoms with Crippen LogP contribution in [0.4, 0.5) is 0 Å². The standard InChI is InChI=1S/C10H21NO3/c1-3-5-10(8-11,9(12)13)6-7-14-4-2/h3-8,11H2,1-2H3,(H,12,13). The highest BCUT2D eigenvalue weighted by molar-refractivity contribution is 5.74. The molecule has 0 aromatic carbocycles.